The second-order valence-corrected chi connectivity index (χ2v) is 9.04. The molecule has 150 valence electrons. The maximum absolute atomic E-state index is 12.9. The molecule has 0 unspecified atom stereocenters. The predicted molar refractivity (Wildman–Crippen MR) is 107 cm³/mol. The minimum Gasteiger partial charge on any atom is -0.322 e. The Kier molecular flexibility index (Phi) is 6.07. The Bertz CT molecular complexity index is 947. The molecule has 8 nitrogen and oxygen atoms in total. The Hall–Kier alpha value is -2.36. The molecule has 1 atom stereocenters. The van der Waals surface area contributed by atoms with E-state index in [1.165, 1.54) is 28.9 Å². The molecule has 2 heterocycles. The summed E-state index contributed by atoms with van der Waals surface area (Å²) in [6.07, 6.45) is 3.73. The van der Waals surface area contributed by atoms with Crippen LogP contribution in [0.2, 0.25) is 0 Å². The first-order valence-electron chi connectivity index (χ1n) is 9.20. The summed E-state index contributed by atoms with van der Waals surface area (Å²) in [5, 5.41) is 2.84. The van der Waals surface area contributed by atoms with Crippen molar-refractivity contribution in [1.82, 2.24) is 18.6 Å². The normalized spacial score (nSPS) is 18.2. The van der Waals surface area contributed by atoms with Crippen molar-refractivity contribution in [3.05, 3.63) is 53.6 Å². The van der Waals surface area contributed by atoms with Crippen molar-refractivity contribution in [3.63, 3.8) is 0 Å². The van der Waals surface area contributed by atoms with Gasteiger partial charge in [-0.2, -0.15) is 17.0 Å². The van der Waals surface area contributed by atoms with Crippen LogP contribution in [-0.2, 0) is 10.2 Å². The van der Waals surface area contributed by atoms with Gasteiger partial charge in [-0.05, 0) is 31.9 Å². The first-order valence-corrected chi connectivity index (χ1v) is 10.6. The first kappa shape index (κ1) is 20.4. The third-order valence-corrected chi connectivity index (χ3v) is 6.69. The minimum absolute atomic E-state index is 0.292. The fourth-order valence-corrected chi connectivity index (χ4v) is 4.61. The van der Waals surface area contributed by atoms with Gasteiger partial charge in [0.2, 0.25) is 0 Å². The molecule has 1 aliphatic heterocycles. The van der Waals surface area contributed by atoms with E-state index >= 15 is 0 Å². The molecule has 0 saturated carbocycles. The van der Waals surface area contributed by atoms with Crippen molar-refractivity contribution in [2.45, 2.75) is 32.2 Å². The van der Waals surface area contributed by atoms with Gasteiger partial charge in [-0.1, -0.05) is 24.6 Å². The Balaban J connectivity index is 2.00. The molecule has 0 aliphatic carbocycles. The van der Waals surface area contributed by atoms with Gasteiger partial charge >= 0.3 is 0 Å². The van der Waals surface area contributed by atoms with E-state index in [9.17, 15) is 13.2 Å². The van der Waals surface area contributed by atoms with Crippen LogP contribution < -0.4 is 5.32 Å². The SMILES string of the molecule is Cc1ncc(C(=O)Nc2ccccc2)c([C@@H]2CCCCN2S(=O)(=O)N(C)C)n1. The van der Waals surface area contributed by atoms with Crippen LogP contribution in [0.3, 0.4) is 0 Å². The topological polar surface area (TPSA) is 95.5 Å². The van der Waals surface area contributed by atoms with E-state index in [0.717, 1.165) is 12.8 Å². The van der Waals surface area contributed by atoms with Gasteiger partial charge in [0.1, 0.15) is 5.82 Å². The zero-order chi connectivity index (χ0) is 20.3. The van der Waals surface area contributed by atoms with Crippen LogP contribution >= 0.6 is 0 Å². The summed E-state index contributed by atoms with van der Waals surface area (Å²) in [4.78, 5) is 21.6. The van der Waals surface area contributed by atoms with Crippen molar-refractivity contribution in [2.24, 2.45) is 0 Å². The van der Waals surface area contributed by atoms with Gasteiger partial charge in [0.05, 0.1) is 17.3 Å². The molecule has 3 rings (SSSR count). The average Bonchev–Trinajstić information content (AvgIpc) is 2.68. The highest BCUT2D eigenvalue weighted by atomic mass is 32.2. The van der Waals surface area contributed by atoms with E-state index in [0.29, 0.717) is 35.7 Å². The van der Waals surface area contributed by atoms with Gasteiger partial charge in [0, 0.05) is 32.5 Å². The standard InChI is InChI=1S/C19H25N5O3S/c1-14-20-13-16(19(25)22-15-9-5-4-6-10-15)18(21-14)17-11-7-8-12-24(17)28(26,27)23(2)3/h4-6,9-10,13,17H,7-8,11-12H2,1-3H3,(H,22,25)/t17-/m0/s1. The minimum atomic E-state index is -3.64. The molecule has 0 radical (unpaired) electrons. The Morgan fingerprint density at radius 2 is 1.93 bits per heavy atom. The molecule has 1 aromatic carbocycles. The highest BCUT2D eigenvalue weighted by Gasteiger charge is 2.37. The number of piperidine rings is 1. The van der Waals surface area contributed by atoms with Crippen molar-refractivity contribution in [3.8, 4) is 0 Å². The predicted octanol–water partition coefficient (Wildman–Crippen LogP) is 2.37. The van der Waals surface area contributed by atoms with Gasteiger partial charge in [-0.15, -0.1) is 0 Å². The number of hydrogen-bond donors (Lipinski definition) is 1. The second kappa shape index (κ2) is 8.34. The zero-order valence-corrected chi connectivity index (χ0v) is 17.1. The number of para-hydroxylation sites is 1. The van der Waals surface area contributed by atoms with Crippen LogP contribution in [-0.4, -0.2) is 53.5 Å². The Labute approximate surface area is 165 Å². The van der Waals surface area contributed by atoms with Gasteiger partial charge < -0.3 is 5.32 Å². The average molecular weight is 404 g/mol. The van der Waals surface area contributed by atoms with Gasteiger partial charge in [-0.3, -0.25) is 4.79 Å². The second-order valence-electron chi connectivity index (χ2n) is 6.95. The summed E-state index contributed by atoms with van der Waals surface area (Å²) in [7, 11) is -0.619. The van der Waals surface area contributed by atoms with Crippen LogP contribution in [0.4, 0.5) is 5.69 Å². The third-order valence-electron chi connectivity index (χ3n) is 4.74. The van der Waals surface area contributed by atoms with E-state index < -0.39 is 16.3 Å². The monoisotopic (exact) mass is 403 g/mol. The lowest BCUT2D eigenvalue weighted by atomic mass is 9.98. The zero-order valence-electron chi connectivity index (χ0n) is 16.3. The molecule has 1 fully saturated rings. The van der Waals surface area contributed by atoms with Crippen molar-refractivity contribution >= 4 is 21.8 Å². The van der Waals surface area contributed by atoms with E-state index in [1.54, 1.807) is 19.1 Å². The molecule has 9 heteroatoms. The number of hydrogen-bond acceptors (Lipinski definition) is 5. The van der Waals surface area contributed by atoms with Crippen LogP contribution in [0, 0.1) is 6.92 Å². The van der Waals surface area contributed by atoms with E-state index in [2.05, 4.69) is 15.3 Å². The molecule has 1 saturated heterocycles. The van der Waals surface area contributed by atoms with Gasteiger partial charge in [-0.25, -0.2) is 9.97 Å². The number of rotatable bonds is 5. The smallest absolute Gasteiger partial charge is 0.282 e. The molecular formula is C19H25N5O3S. The number of nitrogens with one attached hydrogen (secondary N) is 1. The molecular weight excluding hydrogens is 378 g/mol. The molecule has 0 bridgehead atoms. The number of aryl methyl sites for hydroxylation is 1. The summed E-state index contributed by atoms with van der Waals surface area (Å²) >= 11 is 0. The molecule has 1 amide bonds. The summed E-state index contributed by atoms with van der Waals surface area (Å²) < 4.78 is 28.3. The summed E-state index contributed by atoms with van der Waals surface area (Å²) in [5.74, 6) is 0.146. The highest BCUT2D eigenvalue weighted by Crippen LogP contribution is 2.34. The number of carbonyl (C=O) groups excluding carboxylic acids is 1. The lowest BCUT2D eigenvalue weighted by Gasteiger charge is -2.36. The van der Waals surface area contributed by atoms with Crippen LogP contribution in [0.5, 0.6) is 0 Å². The van der Waals surface area contributed by atoms with Crippen LogP contribution in [0.25, 0.3) is 0 Å². The third kappa shape index (κ3) is 4.21. The molecule has 1 N–H and O–H groups in total. The summed E-state index contributed by atoms with van der Waals surface area (Å²) in [6, 6.07) is 8.59. The lowest BCUT2D eigenvalue weighted by Crippen LogP contribution is -2.45. The number of anilines is 1. The fraction of sp³-hybridized carbons (Fsp3) is 0.421. The van der Waals surface area contributed by atoms with Crippen molar-refractivity contribution < 1.29 is 13.2 Å². The van der Waals surface area contributed by atoms with E-state index in [-0.39, 0.29) is 5.91 Å². The molecule has 1 aliphatic rings. The number of benzene rings is 1. The fourth-order valence-electron chi connectivity index (χ4n) is 3.30. The number of amides is 1. The van der Waals surface area contributed by atoms with Gasteiger partial charge in [0.25, 0.3) is 16.1 Å². The first-order chi connectivity index (χ1) is 13.3. The quantitative estimate of drug-likeness (QED) is 0.827. The molecule has 0 spiro atoms. The molecule has 28 heavy (non-hydrogen) atoms. The molecule has 2 aromatic rings. The lowest BCUT2D eigenvalue weighted by molar-refractivity contribution is 0.102. The maximum Gasteiger partial charge on any atom is 0.282 e. The van der Waals surface area contributed by atoms with Crippen LogP contribution in [0.1, 0.15) is 47.2 Å². The van der Waals surface area contributed by atoms with E-state index in [1.807, 2.05) is 18.2 Å². The molecule has 1 aromatic heterocycles. The van der Waals surface area contributed by atoms with E-state index in [4.69, 9.17) is 0 Å². The number of aromatic nitrogens is 2. The van der Waals surface area contributed by atoms with Crippen molar-refractivity contribution in [2.75, 3.05) is 26.0 Å². The van der Waals surface area contributed by atoms with Gasteiger partial charge in [0.15, 0.2) is 0 Å². The van der Waals surface area contributed by atoms with Crippen LogP contribution in [0.15, 0.2) is 36.5 Å². The summed E-state index contributed by atoms with van der Waals surface area (Å²) in [6.45, 7) is 2.13. The number of carbonyl (C=O) groups is 1. The number of nitrogens with zero attached hydrogens (tertiary/aromatic N) is 4. The van der Waals surface area contributed by atoms with Crippen molar-refractivity contribution in [1.29, 1.82) is 0 Å². The maximum atomic E-state index is 12.9. The highest BCUT2D eigenvalue weighted by molar-refractivity contribution is 7.86. The summed E-state index contributed by atoms with van der Waals surface area (Å²) in [5.41, 5.74) is 1.40. The Morgan fingerprint density at radius 3 is 2.61 bits per heavy atom. The largest absolute Gasteiger partial charge is 0.322 e. The Morgan fingerprint density at radius 1 is 1.21 bits per heavy atom.